The Balaban J connectivity index is 1.77. The van der Waals surface area contributed by atoms with E-state index in [4.69, 9.17) is 0 Å². The van der Waals surface area contributed by atoms with E-state index in [0.29, 0.717) is 18.7 Å². The molecule has 4 nitrogen and oxygen atoms in total. The number of carboxylic acids is 1. The molecule has 1 aromatic heterocycles. The predicted molar refractivity (Wildman–Crippen MR) is 118 cm³/mol. The van der Waals surface area contributed by atoms with Gasteiger partial charge in [-0.1, -0.05) is 54.1 Å². The summed E-state index contributed by atoms with van der Waals surface area (Å²) < 4.78 is 2.12. The molecule has 0 bridgehead atoms. The van der Waals surface area contributed by atoms with Crippen molar-refractivity contribution in [1.82, 2.24) is 9.88 Å². The molecule has 0 atom stereocenters. The maximum absolute atomic E-state index is 12.0. The van der Waals surface area contributed by atoms with Gasteiger partial charge in [-0.25, -0.2) is 4.79 Å². The van der Waals surface area contributed by atoms with Crippen molar-refractivity contribution in [3.05, 3.63) is 93.3 Å². The minimum Gasteiger partial charge on any atom is -0.478 e. The number of aromatic nitrogens is 1. The molecular weight excluding hydrogens is 360 g/mol. The van der Waals surface area contributed by atoms with Crippen molar-refractivity contribution in [3.8, 4) is 0 Å². The largest absolute Gasteiger partial charge is 0.478 e. The van der Waals surface area contributed by atoms with E-state index in [2.05, 4.69) is 66.2 Å². The first-order valence-corrected chi connectivity index (χ1v) is 10.1. The molecule has 0 spiro atoms. The van der Waals surface area contributed by atoms with Crippen LogP contribution in [-0.2, 0) is 19.5 Å². The molecule has 0 unspecified atom stereocenters. The minimum atomic E-state index is -0.857. The van der Waals surface area contributed by atoms with Crippen LogP contribution in [0.3, 0.4) is 0 Å². The molecule has 0 aliphatic rings. The van der Waals surface area contributed by atoms with Crippen molar-refractivity contribution in [3.63, 3.8) is 0 Å². The summed E-state index contributed by atoms with van der Waals surface area (Å²) in [7, 11) is 0. The van der Waals surface area contributed by atoms with Gasteiger partial charge in [-0.15, -0.1) is 0 Å². The molecular formula is C25H30N2O2. The molecule has 0 aliphatic carbocycles. The molecule has 29 heavy (non-hydrogen) atoms. The maximum Gasteiger partial charge on any atom is 0.337 e. The molecule has 3 aromatic rings. The van der Waals surface area contributed by atoms with E-state index in [-0.39, 0.29) is 0 Å². The van der Waals surface area contributed by atoms with Crippen LogP contribution in [0, 0.1) is 27.7 Å². The number of benzene rings is 2. The number of rotatable bonds is 8. The third-order valence-electron chi connectivity index (χ3n) is 5.68. The molecule has 0 saturated carbocycles. The zero-order valence-electron chi connectivity index (χ0n) is 17.7. The summed E-state index contributed by atoms with van der Waals surface area (Å²) in [6.07, 6.45) is 0.928. The van der Waals surface area contributed by atoms with Crippen LogP contribution in [0.15, 0.2) is 48.5 Å². The highest BCUT2D eigenvalue weighted by Gasteiger charge is 2.22. The Bertz CT molecular complexity index is 1020. The number of nitrogens with zero attached hydrogens (tertiary/aromatic N) is 1. The molecule has 2 aromatic carbocycles. The highest BCUT2D eigenvalue weighted by molar-refractivity contribution is 5.91. The second-order valence-corrected chi connectivity index (χ2v) is 7.76. The molecule has 152 valence electrons. The fourth-order valence-electron chi connectivity index (χ4n) is 4.01. The monoisotopic (exact) mass is 390 g/mol. The van der Waals surface area contributed by atoms with E-state index < -0.39 is 5.97 Å². The van der Waals surface area contributed by atoms with Crippen LogP contribution in [0.2, 0.25) is 0 Å². The van der Waals surface area contributed by atoms with Gasteiger partial charge in [0.2, 0.25) is 0 Å². The van der Waals surface area contributed by atoms with Crippen molar-refractivity contribution in [2.45, 2.75) is 47.2 Å². The Kier molecular flexibility index (Phi) is 6.55. The lowest BCUT2D eigenvalue weighted by Gasteiger charge is -2.11. The fourth-order valence-corrected chi connectivity index (χ4v) is 4.01. The Labute approximate surface area is 173 Å². The summed E-state index contributed by atoms with van der Waals surface area (Å²) in [4.78, 5) is 12.0. The van der Waals surface area contributed by atoms with E-state index in [1.54, 1.807) is 0 Å². The Morgan fingerprint density at radius 1 is 1.00 bits per heavy atom. The number of hydrogen-bond donors (Lipinski definition) is 2. The molecule has 0 saturated heterocycles. The van der Waals surface area contributed by atoms with Gasteiger partial charge < -0.3 is 15.0 Å². The fraction of sp³-hybridized carbons (Fsp3) is 0.320. The van der Waals surface area contributed by atoms with Gasteiger partial charge in [0.05, 0.1) is 5.56 Å². The predicted octanol–water partition coefficient (Wildman–Crippen LogP) is 4.80. The minimum absolute atomic E-state index is 0.429. The second kappa shape index (κ2) is 9.10. The quantitative estimate of drug-likeness (QED) is 0.543. The summed E-state index contributed by atoms with van der Waals surface area (Å²) in [6.45, 7) is 10.2. The summed E-state index contributed by atoms with van der Waals surface area (Å²) in [5.41, 5.74) is 8.15. The van der Waals surface area contributed by atoms with Crippen LogP contribution in [0.4, 0.5) is 0 Å². The number of aryl methyl sites for hydroxylation is 2. The summed E-state index contributed by atoms with van der Waals surface area (Å²) in [5, 5.41) is 13.3. The molecule has 4 heteroatoms. The van der Waals surface area contributed by atoms with Crippen molar-refractivity contribution in [2.75, 3.05) is 6.54 Å². The van der Waals surface area contributed by atoms with Crippen molar-refractivity contribution in [2.24, 2.45) is 0 Å². The van der Waals surface area contributed by atoms with Gasteiger partial charge in [0.1, 0.15) is 0 Å². The summed E-state index contributed by atoms with van der Waals surface area (Å²) in [5.74, 6) is -0.857. The summed E-state index contributed by atoms with van der Waals surface area (Å²) in [6, 6.07) is 16.7. The van der Waals surface area contributed by atoms with E-state index >= 15 is 0 Å². The average molecular weight is 391 g/mol. The van der Waals surface area contributed by atoms with Crippen LogP contribution >= 0.6 is 0 Å². The van der Waals surface area contributed by atoms with Gasteiger partial charge in [0.15, 0.2) is 0 Å². The van der Waals surface area contributed by atoms with Crippen LogP contribution in [0.1, 0.15) is 49.6 Å². The molecule has 0 aliphatic heterocycles. The normalized spacial score (nSPS) is 11.0. The molecule has 1 heterocycles. The van der Waals surface area contributed by atoms with Crippen LogP contribution in [-0.4, -0.2) is 22.2 Å². The second-order valence-electron chi connectivity index (χ2n) is 7.76. The topological polar surface area (TPSA) is 54.3 Å². The van der Waals surface area contributed by atoms with Gasteiger partial charge in [-0.2, -0.15) is 0 Å². The van der Waals surface area contributed by atoms with E-state index in [0.717, 1.165) is 29.9 Å². The summed E-state index contributed by atoms with van der Waals surface area (Å²) >= 11 is 0. The molecule has 0 fully saturated rings. The average Bonchev–Trinajstić information content (AvgIpc) is 2.91. The van der Waals surface area contributed by atoms with Gasteiger partial charge >= 0.3 is 5.97 Å². The smallest absolute Gasteiger partial charge is 0.337 e. The highest BCUT2D eigenvalue weighted by atomic mass is 16.4. The lowest BCUT2D eigenvalue weighted by Crippen LogP contribution is -2.19. The van der Waals surface area contributed by atoms with Crippen LogP contribution < -0.4 is 5.32 Å². The number of carbonyl (C=O) groups is 1. The first-order chi connectivity index (χ1) is 13.9. The molecule has 3 rings (SSSR count). The molecule has 2 N–H and O–H groups in total. The Morgan fingerprint density at radius 3 is 2.45 bits per heavy atom. The number of carboxylic acid groups (broad SMARTS) is 1. The van der Waals surface area contributed by atoms with Gasteiger partial charge in [0, 0.05) is 30.0 Å². The maximum atomic E-state index is 12.0. The lowest BCUT2D eigenvalue weighted by atomic mass is 10.1. The first-order valence-electron chi connectivity index (χ1n) is 10.1. The van der Waals surface area contributed by atoms with Crippen LogP contribution in [0.25, 0.3) is 0 Å². The van der Waals surface area contributed by atoms with E-state index in [1.807, 2.05) is 19.9 Å². The van der Waals surface area contributed by atoms with Gasteiger partial charge in [0.25, 0.3) is 0 Å². The zero-order valence-corrected chi connectivity index (χ0v) is 17.7. The number of nitrogens with one attached hydrogen (secondary N) is 1. The van der Waals surface area contributed by atoms with Crippen molar-refractivity contribution >= 4 is 5.97 Å². The Morgan fingerprint density at radius 2 is 1.76 bits per heavy atom. The third kappa shape index (κ3) is 4.77. The van der Waals surface area contributed by atoms with Crippen LogP contribution in [0.5, 0.6) is 0 Å². The van der Waals surface area contributed by atoms with Gasteiger partial charge in [-0.3, -0.25) is 0 Å². The third-order valence-corrected chi connectivity index (χ3v) is 5.68. The number of aromatic carboxylic acids is 1. The standard InChI is InChI=1S/C25H30N2O2/c1-17-8-7-10-21(14-17)16-27-19(3)23(24(20(27)4)25(28)29)15-26-13-12-22-11-6-5-9-18(22)2/h5-11,14,26H,12-13,15-16H2,1-4H3,(H,28,29). The Hall–Kier alpha value is -2.85. The SMILES string of the molecule is Cc1cccc(Cn2c(C)c(CNCCc3ccccc3C)c(C(=O)O)c2C)c1. The van der Waals surface area contributed by atoms with Crippen molar-refractivity contribution < 1.29 is 9.90 Å². The molecule has 0 amide bonds. The van der Waals surface area contributed by atoms with Gasteiger partial charge in [-0.05, 0) is 57.4 Å². The number of hydrogen-bond acceptors (Lipinski definition) is 2. The molecule has 0 radical (unpaired) electrons. The first kappa shape index (κ1) is 20.9. The highest BCUT2D eigenvalue weighted by Crippen LogP contribution is 2.24. The lowest BCUT2D eigenvalue weighted by molar-refractivity contribution is 0.0694. The van der Waals surface area contributed by atoms with Crippen molar-refractivity contribution in [1.29, 1.82) is 0 Å². The van der Waals surface area contributed by atoms with E-state index in [9.17, 15) is 9.90 Å². The van der Waals surface area contributed by atoms with E-state index in [1.165, 1.54) is 22.3 Å². The zero-order chi connectivity index (χ0) is 21.0.